The second kappa shape index (κ2) is 15.0. The highest BCUT2D eigenvalue weighted by Crippen LogP contribution is 2.45. The molecule has 13 rings (SSSR count). The third-order valence-corrected chi connectivity index (χ3v) is 12.9. The van der Waals surface area contributed by atoms with Gasteiger partial charge >= 0.3 is 0 Å². The lowest BCUT2D eigenvalue weighted by atomic mass is 9.91. The summed E-state index contributed by atoms with van der Waals surface area (Å²) in [4.78, 5) is 15.8. The van der Waals surface area contributed by atoms with Crippen molar-refractivity contribution in [3.8, 4) is 62.1 Å². The van der Waals surface area contributed by atoms with Gasteiger partial charge in [0.1, 0.15) is 0 Å². The number of nitrogens with zero attached hydrogens (tertiary/aromatic N) is 4. The molecule has 65 heavy (non-hydrogen) atoms. The van der Waals surface area contributed by atoms with Crippen molar-refractivity contribution in [2.75, 3.05) is 0 Å². The van der Waals surface area contributed by atoms with Crippen molar-refractivity contribution in [3.63, 3.8) is 0 Å². The maximum Gasteiger partial charge on any atom is 0.164 e. The van der Waals surface area contributed by atoms with Crippen LogP contribution in [-0.4, -0.2) is 19.5 Å². The Morgan fingerprint density at radius 3 is 1.14 bits per heavy atom. The Morgan fingerprint density at radius 2 is 0.615 bits per heavy atom. The fraction of sp³-hybridized carbons (Fsp3) is 0. The standard InChI is InChI=1S/C61H38N4/c1-3-17-41(18-4-1)52-35-51(61-63-59(42-19-5-2-6-20-42)62-60(64-61)50-30-28-40-16-8-10-22-44(40)32-50)36-53(49-29-27-39-15-7-9-21-43(39)31-49)58(52)65-56-37-47-25-13-11-23-45(47)33-54(56)55-34-46-24-12-14-26-48(46)38-57(55)65/h1-38H. The van der Waals surface area contributed by atoms with Gasteiger partial charge in [0.25, 0.3) is 0 Å². The van der Waals surface area contributed by atoms with Gasteiger partial charge in [0.15, 0.2) is 17.5 Å². The molecule has 4 heteroatoms. The van der Waals surface area contributed by atoms with Crippen LogP contribution in [0.25, 0.3) is 127 Å². The van der Waals surface area contributed by atoms with Gasteiger partial charge in [0.2, 0.25) is 0 Å². The van der Waals surface area contributed by atoms with Crippen molar-refractivity contribution >= 4 is 64.9 Å². The van der Waals surface area contributed by atoms with Crippen LogP contribution >= 0.6 is 0 Å². The van der Waals surface area contributed by atoms with Crippen molar-refractivity contribution in [1.29, 1.82) is 0 Å². The first-order valence-electron chi connectivity index (χ1n) is 22.1. The molecule has 0 saturated heterocycles. The molecule has 0 bridgehead atoms. The molecule has 0 amide bonds. The Labute approximate surface area is 375 Å². The first-order valence-corrected chi connectivity index (χ1v) is 22.1. The topological polar surface area (TPSA) is 43.6 Å². The third kappa shape index (κ3) is 6.34. The fourth-order valence-electron chi connectivity index (χ4n) is 9.73. The minimum Gasteiger partial charge on any atom is -0.308 e. The molecule has 0 N–H and O–H groups in total. The summed E-state index contributed by atoms with van der Waals surface area (Å²) in [7, 11) is 0. The molecule has 0 unspecified atom stereocenters. The molecule has 302 valence electrons. The normalized spacial score (nSPS) is 11.7. The Bertz CT molecular complexity index is 3910. The van der Waals surface area contributed by atoms with Crippen molar-refractivity contribution in [3.05, 3.63) is 231 Å². The zero-order valence-corrected chi connectivity index (χ0v) is 35.2. The summed E-state index contributed by atoms with van der Waals surface area (Å²) in [5, 5.41) is 11.9. The van der Waals surface area contributed by atoms with E-state index in [1.165, 1.54) is 48.5 Å². The molecule has 0 radical (unpaired) electrons. The zero-order chi connectivity index (χ0) is 42.8. The molecule has 0 aliphatic rings. The molecular weight excluding hydrogens is 789 g/mol. The smallest absolute Gasteiger partial charge is 0.164 e. The van der Waals surface area contributed by atoms with Gasteiger partial charge < -0.3 is 4.57 Å². The second-order valence-corrected chi connectivity index (χ2v) is 16.9. The lowest BCUT2D eigenvalue weighted by Crippen LogP contribution is -2.04. The predicted octanol–water partition coefficient (Wildman–Crippen LogP) is 15.9. The van der Waals surface area contributed by atoms with Gasteiger partial charge in [-0.05, 0) is 103 Å². The number of hydrogen-bond donors (Lipinski definition) is 0. The maximum absolute atomic E-state index is 5.36. The van der Waals surface area contributed by atoms with E-state index < -0.39 is 0 Å². The molecule has 0 aliphatic heterocycles. The number of aromatic nitrogens is 4. The minimum atomic E-state index is 0.604. The number of fused-ring (bicyclic) bond motifs is 7. The van der Waals surface area contributed by atoms with Gasteiger partial charge in [-0.2, -0.15) is 0 Å². The summed E-state index contributed by atoms with van der Waals surface area (Å²) in [6, 6.07) is 82.8. The van der Waals surface area contributed by atoms with Crippen LogP contribution in [0.1, 0.15) is 0 Å². The van der Waals surface area contributed by atoms with E-state index in [4.69, 9.17) is 15.0 Å². The molecule has 4 nitrogen and oxygen atoms in total. The molecule has 0 saturated carbocycles. The van der Waals surface area contributed by atoms with Gasteiger partial charge in [-0.3, -0.25) is 0 Å². The van der Waals surface area contributed by atoms with Gasteiger partial charge in [0.05, 0.1) is 16.7 Å². The van der Waals surface area contributed by atoms with Crippen molar-refractivity contribution in [2.45, 2.75) is 0 Å². The van der Waals surface area contributed by atoms with E-state index in [1.807, 2.05) is 18.2 Å². The third-order valence-electron chi connectivity index (χ3n) is 12.9. The highest BCUT2D eigenvalue weighted by molar-refractivity contribution is 6.17. The van der Waals surface area contributed by atoms with Crippen LogP contribution in [0.3, 0.4) is 0 Å². The molecule has 0 fully saturated rings. The van der Waals surface area contributed by atoms with Crippen LogP contribution in [0.2, 0.25) is 0 Å². The van der Waals surface area contributed by atoms with Crippen molar-refractivity contribution in [2.24, 2.45) is 0 Å². The Balaban J connectivity index is 1.17. The van der Waals surface area contributed by atoms with Crippen LogP contribution in [0.4, 0.5) is 0 Å². The van der Waals surface area contributed by atoms with Crippen molar-refractivity contribution in [1.82, 2.24) is 19.5 Å². The summed E-state index contributed by atoms with van der Waals surface area (Å²) >= 11 is 0. The van der Waals surface area contributed by atoms with E-state index in [2.05, 4.69) is 217 Å². The van der Waals surface area contributed by atoms with Gasteiger partial charge in [-0.15, -0.1) is 0 Å². The van der Waals surface area contributed by atoms with Crippen molar-refractivity contribution < 1.29 is 0 Å². The molecule has 0 spiro atoms. The van der Waals surface area contributed by atoms with Gasteiger partial charge in [-0.25, -0.2) is 15.0 Å². The molecule has 0 aliphatic carbocycles. The molecular formula is C61H38N4. The second-order valence-electron chi connectivity index (χ2n) is 16.9. The quantitative estimate of drug-likeness (QED) is 0.168. The summed E-state index contributed by atoms with van der Waals surface area (Å²) in [6.07, 6.45) is 0. The molecule has 0 atom stereocenters. The summed E-state index contributed by atoms with van der Waals surface area (Å²) in [6.45, 7) is 0. The van der Waals surface area contributed by atoms with Crippen LogP contribution in [0, 0.1) is 0 Å². The Morgan fingerprint density at radius 1 is 0.246 bits per heavy atom. The SMILES string of the molecule is c1ccc(-c2nc(-c3cc(-c4ccccc4)c(-n4c5cc6ccccc6cc5c5cc6ccccc6cc54)c(-c4ccc5ccccc5c4)c3)nc(-c3ccc4ccccc4c3)n2)cc1. The number of benzene rings is 11. The lowest BCUT2D eigenvalue weighted by Gasteiger charge is -2.21. The Kier molecular flexibility index (Phi) is 8.50. The van der Waals surface area contributed by atoms with Gasteiger partial charge in [-0.1, -0.05) is 182 Å². The summed E-state index contributed by atoms with van der Waals surface area (Å²) in [5.74, 6) is 1.85. The molecule has 2 aromatic heterocycles. The van der Waals surface area contributed by atoms with Crippen LogP contribution in [0.15, 0.2) is 231 Å². The van der Waals surface area contributed by atoms with E-state index in [0.717, 1.165) is 61.1 Å². The molecule has 13 aromatic rings. The monoisotopic (exact) mass is 826 g/mol. The number of rotatable bonds is 6. The van der Waals surface area contributed by atoms with E-state index in [0.29, 0.717) is 17.5 Å². The van der Waals surface area contributed by atoms with E-state index in [1.54, 1.807) is 0 Å². The van der Waals surface area contributed by atoms with E-state index >= 15 is 0 Å². The zero-order valence-electron chi connectivity index (χ0n) is 35.2. The summed E-state index contributed by atoms with van der Waals surface area (Å²) < 4.78 is 2.52. The first kappa shape index (κ1) is 36.9. The average molecular weight is 827 g/mol. The molecule has 2 heterocycles. The molecule has 11 aromatic carbocycles. The van der Waals surface area contributed by atoms with Crippen LogP contribution in [-0.2, 0) is 0 Å². The van der Waals surface area contributed by atoms with E-state index in [-0.39, 0.29) is 0 Å². The highest BCUT2D eigenvalue weighted by atomic mass is 15.0. The first-order chi connectivity index (χ1) is 32.2. The van der Waals surface area contributed by atoms with Crippen LogP contribution in [0.5, 0.6) is 0 Å². The fourth-order valence-corrected chi connectivity index (χ4v) is 9.73. The summed E-state index contributed by atoms with van der Waals surface area (Å²) in [5.41, 5.74) is 10.5. The largest absolute Gasteiger partial charge is 0.308 e. The maximum atomic E-state index is 5.36. The number of hydrogen-bond acceptors (Lipinski definition) is 3. The van der Waals surface area contributed by atoms with E-state index in [9.17, 15) is 0 Å². The lowest BCUT2D eigenvalue weighted by molar-refractivity contribution is 1.07. The van der Waals surface area contributed by atoms with Gasteiger partial charge in [0, 0.05) is 38.6 Å². The average Bonchev–Trinajstić information content (AvgIpc) is 3.67. The minimum absolute atomic E-state index is 0.604. The Hall–Kier alpha value is -8.73. The highest BCUT2D eigenvalue weighted by Gasteiger charge is 2.24. The predicted molar refractivity (Wildman–Crippen MR) is 271 cm³/mol. The van der Waals surface area contributed by atoms with Crippen LogP contribution < -0.4 is 0 Å².